The molecule has 1 atom stereocenters. The van der Waals surface area contributed by atoms with Gasteiger partial charge in [0, 0.05) is 19.6 Å². The predicted octanol–water partition coefficient (Wildman–Crippen LogP) is 0.809. The van der Waals surface area contributed by atoms with E-state index in [-0.39, 0.29) is 0 Å². The average Bonchev–Trinajstić information content (AvgIpc) is 2.57. The molecule has 0 saturated carbocycles. The Morgan fingerprint density at radius 2 is 2.33 bits per heavy atom. The number of nitrogens with two attached hydrogens (primary N) is 1. The maximum atomic E-state index is 5.50. The maximum Gasteiger partial charge on any atom is 0.0625 e. The largest absolute Gasteiger partial charge is 0.330 e. The van der Waals surface area contributed by atoms with Crippen LogP contribution in [0.3, 0.4) is 0 Å². The fourth-order valence-corrected chi connectivity index (χ4v) is 1.54. The van der Waals surface area contributed by atoms with Crippen molar-refractivity contribution in [1.82, 2.24) is 15.1 Å². The van der Waals surface area contributed by atoms with Crippen LogP contribution in [0.4, 0.5) is 0 Å². The van der Waals surface area contributed by atoms with Crippen molar-refractivity contribution in [2.24, 2.45) is 12.8 Å². The summed E-state index contributed by atoms with van der Waals surface area (Å²) in [7, 11) is 1.99. The van der Waals surface area contributed by atoms with Gasteiger partial charge in [-0.1, -0.05) is 6.92 Å². The Bertz CT molecular complexity index is 293. The van der Waals surface area contributed by atoms with Gasteiger partial charge in [0.1, 0.15) is 0 Å². The maximum absolute atomic E-state index is 5.50. The Morgan fingerprint density at radius 3 is 2.87 bits per heavy atom. The van der Waals surface area contributed by atoms with Gasteiger partial charge in [-0.25, -0.2) is 0 Å². The Labute approximate surface area is 91.8 Å². The third kappa shape index (κ3) is 3.64. The summed E-state index contributed by atoms with van der Waals surface area (Å²) in [6.45, 7) is 5.88. The van der Waals surface area contributed by atoms with E-state index in [9.17, 15) is 0 Å². The molecular formula is C11H22N4. The van der Waals surface area contributed by atoms with Gasteiger partial charge in [0.2, 0.25) is 0 Å². The molecule has 15 heavy (non-hydrogen) atoms. The van der Waals surface area contributed by atoms with Crippen LogP contribution >= 0.6 is 0 Å². The molecule has 4 nitrogen and oxygen atoms in total. The molecular weight excluding hydrogens is 188 g/mol. The van der Waals surface area contributed by atoms with E-state index in [0.29, 0.717) is 6.04 Å². The molecule has 0 aromatic carbocycles. The van der Waals surface area contributed by atoms with Crippen LogP contribution in [0.2, 0.25) is 0 Å². The van der Waals surface area contributed by atoms with Crippen LogP contribution in [-0.2, 0) is 20.0 Å². The minimum absolute atomic E-state index is 0.468. The molecule has 0 fully saturated rings. The first-order valence-electron chi connectivity index (χ1n) is 5.62. The molecule has 1 aromatic rings. The molecule has 1 rings (SSSR count). The molecule has 0 saturated heterocycles. The van der Waals surface area contributed by atoms with E-state index in [1.807, 2.05) is 11.7 Å². The lowest BCUT2D eigenvalue weighted by atomic mass is 10.2. The molecule has 0 aliphatic heterocycles. The molecule has 1 aromatic heterocycles. The van der Waals surface area contributed by atoms with Gasteiger partial charge < -0.3 is 11.1 Å². The first kappa shape index (κ1) is 12.2. The first-order chi connectivity index (χ1) is 7.17. The lowest BCUT2D eigenvalue weighted by molar-refractivity contribution is 0.504. The lowest BCUT2D eigenvalue weighted by Crippen LogP contribution is -2.28. The molecule has 1 heterocycles. The number of rotatable bonds is 6. The van der Waals surface area contributed by atoms with E-state index in [0.717, 1.165) is 31.6 Å². The van der Waals surface area contributed by atoms with Crippen LogP contribution in [-0.4, -0.2) is 22.4 Å². The van der Waals surface area contributed by atoms with E-state index in [1.165, 1.54) is 5.69 Å². The molecule has 0 spiro atoms. The van der Waals surface area contributed by atoms with E-state index in [2.05, 4.69) is 30.3 Å². The second-order valence-corrected chi connectivity index (χ2v) is 3.96. The molecule has 0 amide bonds. The molecule has 4 heteroatoms. The zero-order valence-electron chi connectivity index (χ0n) is 9.95. The predicted molar refractivity (Wildman–Crippen MR) is 62.6 cm³/mol. The van der Waals surface area contributed by atoms with Crippen LogP contribution < -0.4 is 11.1 Å². The van der Waals surface area contributed by atoms with Gasteiger partial charge in [-0.3, -0.25) is 4.68 Å². The summed E-state index contributed by atoms with van der Waals surface area (Å²) >= 11 is 0. The number of nitrogens with zero attached hydrogens (tertiary/aromatic N) is 2. The topological polar surface area (TPSA) is 55.9 Å². The normalized spacial score (nSPS) is 13.1. The highest BCUT2D eigenvalue weighted by Gasteiger charge is 2.05. The number of aromatic nitrogens is 2. The molecule has 1 unspecified atom stereocenters. The summed E-state index contributed by atoms with van der Waals surface area (Å²) in [6.07, 6.45) is 2.00. The number of nitrogens with one attached hydrogen (secondary N) is 1. The van der Waals surface area contributed by atoms with Crippen LogP contribution in [0.15, 0.2) is 6.07 Å². The highest BCUT2D eigenvalue weighted by Crippen LogP contribution is 2.04. The van der Waals surface area contributed by atoms with Gasteiger partial charge in [-0.05, 0) is 32.4 Å². The van der Waals surface area contributed by atoms with Crippen LogP contribution in [0, 0.1) is 0 Å². The second kappa shape index (κ2) is 5.88. The van der Waals surface area contributed by atoms with E-state index in [1.54, 1.807) is 0 Å². The summed E-state index contributed by atoms with van der Waals surface area (Å²) in [4.78, 5) is 0. The zero-order chi connectivity index (χ0) is 11.3. The fourth-order valence-electron chi connectivity index (χ4n) is 1.54. The number of hydrogen-bond acceptors (Lipinski definition) is 3. The Kier molecular flexibility index (Phi) is 4.78. The van der Waals surface area contributed by atoms with Gasteiger partial charge in [0.15, 0.2) is 0 Å². The van der Waals surface area contributed by atoms with Gasteiger partial charge in [0.25, 0.3) is 0 Å². The minimum atomic E-state index is 0.468. The lowest BCUT2D eigenvalue weighted by Gasteiger charge is -2.12. The molecule has 3 N–H and O–H groups in total. The summed E-state index contributed by atoms with van der Waals surface area (Å²) < 4.78 is 1.95. The van der Waals surface area contributed by atoms with E-state index < -0.39 is 0 Å². The summed E-state index contributed by atoms with van der Waals surface area (Å²) in [5, 5.41) is 7.84. The van der Waals surface area contributed by atoms with Gasteiger partial charge in [-0.2, -0.15) is 5.10 Å². The molecule has 0 aliphatic rings. The zero-order valence-corrected chi connectivity index (χ0v) is 9.95. The van der Waals surface area contributed by atoms with Gasteiger partial charge >= 0.3 is 0 Å². The van der Waals surface area contributed by atoms with Crippen LogP contribution in [0.1, 0.15) is 31.7 Å². The van der Waals surface area contributed by atoms with Crippen molar-refractivity contribution < 1.29 is 0 Å². The standard InChI is InChI=1S/C11H22N4/c1-4-10-7-11(15(3)14-10)8-13-9(2)5-6-12/h7,9,13H,4-6,8,12H2,1-3H3. The Hall–Kier alpha value is -0.870. The van der Waals surface area contributed by atoms with Crippen molar-refractivity contribution in [3.05, 3.63) is 17.5 Å². The monoisotopic (exact) mass is 210 g/mol. The SMILES string of the molecule is CCc1cc(CNC(C)CCN)n(C)n1. The number of hydrogen-bond donors (Lipinski definition) is 2. The van der Waals surface area contributed by atoms with Gasteiger partial charge in [-0.15, -0.1) is 0 Å². The summed E-state index contributed by atoms with van der Waals surface area (Å²) in [6, 6.07) is 2.62. The van der Waals surface area contributed by atoms with Crippen molar-refractivity contribution in [2.45, 2.75) is 39.3 Å². The molecule has 0 radical (unpaired) electrons. The van der Waals surface area contributed by atoms with Crippen molar-refractivity contribution >= 4 is 0 Å². The third-order valence-corrected chi connectivity index (χ3v) is 2.62. The Morgan fingerprint density at radius 1 is 1.60 bits per heavy atom. The quantitative estimate of drug-likeness (QED) is 0.730. The highest BCUT2D eigenvalue weighted by molar-refractivity contribution is 5.09. The van der Waals surface area contributed by atoms with Crippen LogP contribution in [0.5, 0.6) is 0 Å². The van der Waals surface area contributed by atoms with Crippen LogP contribution in [0.25, 0.3) is 0 Å². The molecule has 0 aliphatic carbocycles. The molecule has 0 bridgehead atoms. The van der Waals surface area contributed by atoms with Crippen molar-refractivity contribution in [3.63, 3.8) is 0 Å². The van der Waals surface area contributed by atoms with E-state index in [4.69, 9.17) is 5.73 Å². The summed E-state index contributed by atoms with van der Waals surface area (Å²) in [5.41, 5.74) is 7.88. The third-order valence-electron chi connectivity index (χ3n) is 2.62. The van der Waals surface area contributed by atoms with Crippen molar-refractivity contribution in [2.75, 3.05) is 6.54 Å². The van der Waals surface area contributed by atoms with Gasteiger partial charge in [0.05, 0.1) is 11.4 Å². The number of aryl methyl sites for hydroxylation is 2. The average molecular weight is 210 g/mol. The van der Waals surface area contributed by atoms with Crippen molar-refractivity contribution in [1.29, 1.82) is 0 Å². The summed E-state index contributed by atoms with van der Waals surface area (Å²) in [5.74, 6) is 0. The first-order valence-corrected chi connectivity index (χ1v) is 5.62. The minimum Gasteiger partial charge on any atom is -0.330 e. The highest BCUT2D eigenvalue weighted by atomic mass is 15.3. The molecule has 86 valence electrons. The van der Waals surface area contributed by atoms with Crippen molar-refractivity contribution in [3.8, 4) is 0 Å². The smallest absolute Gasteiger partial charge is 0.0625 e. The second-order valence-electron chi connectivity index (χ2n) is 3.96. The Balaban J connectivity index is 2.46. The fraction of sp³-hybridized carbons (Fsp3) is 0.727. The van der Waals surface area contributed by atoms with E-state index >= 15 is 0 Å².